The summed E-state index contributed by atoms with van der Waals surface area (Å²) in [7, 11) is 1.68. The molecular weight excluding hydrogens is 320 g/mol. The molecule has 2 atom stereocenters. The number of benzene rings is 1. The van der Waals surface area contributed by atoms with E-state index in [2.05, 4.69) is 4.99 Å². The van der Waals surface area contributed by atoms with E-state index in [4.69, 9.17) is 4.74 Å². The van der Waals surface area contributed by atoms with Crippen LogP contribution in [0, 0.1) is 0 Å². The van der Waals surface area contributed by atoms with E-state index in [1.807, 2.05) is 37.3 Å². The van der Waals surface area contributed by atoms with Crippen molar-refractivity contribution in [1.29, 1.82) is 0 Å². The number of nitrogens with zero attached hydrogens (tertiary/aromatic N) is 4. The monoisotopic (exact) mass is 340 g/mol. The average Bonchev–Trinajstić information content (AvgIpc) is 3.18. The third-order valence-electron chi connectivity index (χ3n) is 4.75. The standard InChI is InChI=1S/C18H20N4O3/c1-3-4-10-21-16(23)14-15(20(2)18(21)24)19-17-22(14)11-13(25-17)12-8-6-5-7-9-12/h5-9,11,14-15H,3-4,10H2,1-2H3. The molecule has 1 aromatic carbocycles. The Morgan fingerprint density at radius 1 is 1.20 bits per heavy atom. The Morgan fingerprint density at radius 3 is 2.68 bits per heavy atom. The van der Waals surface area contributed by atoms with Gasteiger partial charge in [-0.1, -0.05) is 43.7 Å². The molecule has 3 amide bonds. The van der Waals surface area contributed by atoms with E-state index < -0.39 is 12.2 Å². The van der Waals surface area contributed by atoms with Gasteiger partial charge in [0, 0.05) is 19.2 Å². The molecule has 0 aliphatic carbocycles. The molecule has 130 valence electrons. The Labute approximate surface area is 146 Å². The van der Waals surface area contributed by atoms with Crippen molar-refractivity contribution in [2.75, 3.05) is 13.6 Å². The second-order valence-corrected chi connectivity index (χ2v) is 6.38. The quantitative estimate of drug-likeness (QED) is 0.842. The van der Waals surface area contributed by atoms with Gasteiger partial charge in [0.15, 0.2) is 18.0 Å². The van der Waals surface area contributed by atoms with E-state index in [0.29, 0.717) is 18.3 Å². The molecule has 2 unspecified atom stereocenters. The van der Waals surface area contributed by atoms with Crippen LogP contribution >= 0.6 is 0 Å². The number of aliphatic imine (C=N–C) groups is 1. The summed E-state index contributed by atoms with van der Waals surface area (Å²) in [4.78, 5) is 34.5. The number of ether oxygens (including phenoxy) is 1. The molecular formula is C18H20N4O3. The maximum Gasteiger partial charge on any atom is 0.328 e. The van der Waals surface area contributed by atoms with Crippen molar-refractivity contribution in [3.63, 3.8) is 0 Å². The first-order chi connectivity index (χ1) is 12.1. The van der Waals surface area contributed by atoms with Crippen LogP contribution in [0.25, 0.3) is 5.76 Å². The fourth-order valence-electron chi connectivity index (χ4n) is 3.34. The Bertz CT molecular complexity index is 774. The number of imide groups is 1. The third kappa shape index (κ3) is 2.38. The van der Waals surface area contributed by atoms with Gasteiger partial charge >= 0.3 is 6.03 Å². The summed E-state index contributed by atoms with van der Waals surface area (Å²) in [5.74, 6) is 0.444. The third-order valence-corrected chi connectivity index (χ3v) is 4.75. The Hall–Kier alpha value is -2.83. The molecule has 3 heterocycles. The largest absolute Gasteiger partial charge is 0.423 e. The smallest absolute Gasteiger partial charge is 0.328 e. The van der Waals surface area contributed by atoms with E-state index in [9.17, 15) is 9.59 Å². The van der Waals surface area contributed by atoms with Crippen molar-refractivity contribution in [2.45, 2.75) is 32.0 Å². The lowest BCUT2D eigenvalue weighted by molar-refractivity contribution is -0.136. The van der Waals surface area contributed by atoms with Crippen molar-refractivity contribution in [2.24, 2.45) is 4.99 Å². The number of amides is 3. The number of hydrogen-bond donors (Lipinski definition) is 0. The van der Waals surface area contributed by atoms with Crippen LogP contribution in [0.15, 0.2) is 41.5 Å². The van der Waals surface area contributed by atoms with Gasteiger partial charge < -0.3 is 9.64 Å². The van der Waals surface area contributed by atoms with Crippen LogP contribution in [0.1, 0.15) is 25.3 Å². The van der Waals surface area contributed by atoms with Gasteiger partial charge in [-0.25, -0.2) is 9.79 Å². The van der Waals surface area contributed by atoms with Gasteiger partial charge in [0.1, 0.15) is 0 Å². The fourth-order valence-corrected chi connectivity index (χ4v) is 3.34. The van der Waals surface area contributed by atoms with Crippen LogP contribution in [0.3, 0.4) is 0 Å². The normalized spacial score (nSPS) is 24.8. The van der Waals surface area contributed by atoms with Gasteiger partial charge in [-0.3, -0.25) is 14.6 Å². The van der Waals surface area contributed by atoms with E-state index in [1.54, 1.807) is 18.1 Å². The maximum absolute atomic E-state index is 12.9. The average molecular weight is 340 g/mol. The van der Waals surface area contributed by atoms with E-state index in [0.717, 1.165) is 18.4 Å². The van der Waals surface area contributed by atoms with E-state index in [-0.39, 0.29) is 11.9 Å². The van der Waals surface area contributed by atoms with Gasteiger partial charge in [0.2, 0.25) is 0 Å². The van der Waals surface area contributed by atoms with Crippen LogP contribution in [0.4, 0.5) is 4.79 Å². The highest BCUT2D eigenvalue weighted by Crippen LogP contribution is 2.35. The predicted octanol–water partition coefficient (Wildman–Crippen LogP) is 2.08. The molecule has 1 aromatic rings. The van der Waals surface area contributed by atoms with Crippen LogP contribution in [0.2, 0.25) is 0 Å². The lowest BCUT2D eigenvalue weighted by Crippen LogP contribution is -2.64. The number of likely N-dealkylation sites (N-methyl/N-ethyl adjacent to an activating group) is 1. The minimum atomic E-state index is -0.559. The second kappa shape index (κ2) is 5.91. The summed E-state index contributed by atoms with van der Waals surface area (Å²) in [6, 6.07) is 9.20. The molecule has 0 saturated carbocycles. The van der Waals surface area contributed by atoms with Crippen molar-refractivity contribution in [1.82, 2.24) is 14.7 Å². The first kappa shape index (κ1) is 15.7. The van der Waals surface area contributed by atoms with Crippen LogP contribution < -0.4 is 0 Å². The Balaban J connectivity index is 1.63. The fraction of sp³-hybridized carbons (Fsp3) is 0.389. The number of carbonyl (C=O) groups excluding carboxylic acids is 2. The summed E-state index contributed by atoms with van der Waals surface area (Å²) in [5.41, 5.74) is 0.923. The zero-order valence-electron chi connectivity index (χ0n) is 14.3. The molecule has 7 heteroatoms. The lowest BCUT2D eigenvalue weighted by atomic mass is 10.1. The summed E-state index contributed by atoms with van der Waals surface area (Å²) < 4.78 is 5.84. The Morgan fingerprint density at radius 2 is 1.96 bits per heavy atom. The molecule has 3 aliphatic rings. The van der Waals surface area contributed by atoms with Gasteiger partial charge in [-0.15, -0.1) is 0 Å². The highest BCUT2D eigenvalue weighted by Gasteiger charge is 2.53. The molecule has 3 aliphatic heterocycles. The summed E-state index contributed by atoms with van der Waals surface area (Å²) >= 11 is 0. The molecule has 0 aromatic heterocycles. The molecule has 0 radical (unpaired) electrons. The van der Waals surface area contributed by atoms with Crippen LogP contribution in [0.5, 0.6) is 0 Å². The zero-order chi connectivity index (χ0) is 17.6. The molecule has 0 N–H and O–H groups in total. The van der Waals surface area contributed by atoms with E-state index >= 15 is 0 Å². The number of fused-ring (bicyclic) bond motifs is 3. The number of amidine groups is 1. The first-order valence-corrected chi connectivity index (χ1v) is 8.51. The highest BCUT2D eigenvalue weighted by atomic mass is 16.5. The van der Waals surface area contributed by atoms with Gasteiger partial charge in [-0.2, -0.15) is 0 Å². The molecule has 0 spiro atoms. The number of rotatable bonds is 4. The minimum Gasteiger partial charge on any atom is -0.423 e. The first-order valence-electron chi connectivity index (χ1n) is 8.51. The molecule has 7 nitrogen and oxygen atoms in total. The number of unbranched alkanes of at least 4 members (excludes halogenated alkanes) is 1. The second-order valence-electron chi connectivity index (χ2n) is 6.38. The molecule has 1 saturated heterocycles. The van der Waals surface area contributed by atoms with Crippen molar-refractivity contribution >= 4 is 23.7 Å². The SMILES string of the molecule is CCCCN1C(=O)C2C(N=C3OC(c4ccccc4)=CN32)N(C)C1=O. The molecule has 0 bridgehead atoms. The maximum atomic E-state index is 12.9. The highest BCUT2D eigenvalue weighted by molar-refractivity contribution is 6.04. The topological polar surface area (TPSA) is 65.5 Å². The molecule has 25 heavy (non-hydrogen) atoms. The summed E-state index contributed by atoms with van der Waals surface area (Å²) in [5, 5.41) is 0. The lowest BCUT2D eigenvalue weighted by Gasteiger charge is -2.39. The summed E-state index contributed by atoms with van der Waals surface area (Å²) in [6.45, 7) is 2.46. The van der Waals surface area contributed by atoms with Gasteiger partial charge in [-0.05, 0) is 6.42 Å². The van der Waals surface area contributed by atoms with Crippen LogP contribution in [-0.4, -0.2) is 58.5 Å². The minimum absolute atomic E-state index is 0.213. The van der Waals surface area contributed by atoms with Crippen molar-refractivity contribution in [3.05, 3.63) is 42.1 Å². The van der Waals surface area contributed by atoms with Crippen molar-refractivity contribution in [3.8, 4) is 0 Å². The van der Waals surface area contributed by atoms with Crippen molar-refractivity contribution < 1.29 is 14.3 Å². The van der Waals surface area contributed by atoms with Crippen LogP contribution in [-0.2, 0) is 9.53 Å². The number of hydrogen-bond acceptors (Lipinski definition) is 5. The van der Waals surface area contributed by atoms with Gasteiger partial charge in [0.05, 0.1) is 6.20 Å². The molecule has 1 fully saturated rings. The van der Waals surface area contributed by atoms with E-state index in [1.165, 1.54) is 9.80 Å². The summed E-state index contributed by atoms with van der Waals surface area (Å²) in [6.07, 6.45) is 2.97. The molecule has 4 rings (SSSR count). The predicted molar refractivity (Wildman–Crippen MR) is 92.1 cm³/mol. The Kier molecular flexibility index (Phi) is 3.71. The number of urea groups is 1. The number of carbonyl (C=O) groups is 2. The van der Waals surface area contributed by atoms with Gasteiger partial charge in [0.25, 0.3) is 11.9 Å². The zero-order valence-corrected chi connectivity index (χ0v) is 14.3.